The van der Waals surface area contributed by atoms with E-state index in [2.05, 4.69) is 15.3 Å². The first kappa shape index (κ1) is 69.2. The van der Waals surface area contributed by atoms with Crippen LogP contribution in [0.4, 0.5) is 32.3 Å². The third-order valence-corrected chi connectivity index (χ3v) is 14.8. The number of anilines is 1. The summed E-state index contributed by atoms with van der Waals surface area (Å²) in [5.41, 5.74) is 11.3. The summed E-state index contributed by atoms with van der Waals surface area (Å²) in [6.07, 6.45) is 8.53. The number of nitro benzene ring substituents is 3. The van der Waals surface area contributed by atoms with Crippen LogP contribution in [0, 0.1) is 30.3 Å². The number of amides is 2. The number of halogens is 6. The highest BCUT2D eigenvalue weighted by molar-refractivity contribution is 6.35. The number of aromatic nitrogens is 2. The maximum atomic E-state index is 12.1. The highest BCUT2D eigenvalue weighted by Crippen LogP contribution is 2.37. The van der Waals surface area contributed by atoms with E-state index < -0.39 is 32.1 Å². The Labute approximate surface area is 537 Å². The van der Waals surface area contributed by atoms with E-state index in [1.165, 1.54) is 18.3 Å². The molecule has 0 aliphatic carbocycles. The molecule has 26 heteroatoms. The van der Waals surface area contributed by atoms with Crippen LogP contribution < -0.4 is 11.1 Å². The summed E-state index contributed by atoms with van der Waals surface area (Å²) >= 11 is 34.8. The number of nitrogens with one attached hydrogen (secondary N) is 1. The van der Waals surface area contributed by atoms with Crippen molar-refractivity contribution in [3.63, 3.8) is 0 Å². The average Bonchev–Trinajstić information content (AvgIpc) is 3.65. The number of carbonyl (C=O) groups excluding carboxylic acids is 3. The van der Waals surface area contributed by atoms with Crippen LogP contribution in [0.15, 0.2) is 128 Å². The molecule has 11 rings (SSSR count). The number of nitrogens with two attached hydrogens (primary N) is 1. The fourth-order valence-corrected chi connectivity index (χ4v) is 10.3. The van der Waals surface area contributed by atoms with Gasteiger partial charge in [0, 0.05) is 95.0 Å². The van der Waals surface area contributed by atoms with Crippen molar-refractivity contribution in [1.29, 1.82) is 0 Å². The lowest BCUT2D eigenvalue weighted by atomic mass is 9.98. The fourth-order valence-electron chi connectivity index (χ4n) is 9.06. The van der Waals surface area contributed by atoms with Crippen LogP contribution in [-0.4, -0.2) is 83.8 Å². The molecule has 462 valence electrons. The van der Waals surface area contributed by atoms with Crippen molar-refractivity contribution in [2.75, 3.05) is 25.4 Å². The van der Waals surface area contributed by atoms with Gasteiger partial charge in [-0.1, -0.05) is 112 Å². The molecule has 2 aromatic heterocycles. The molecule has 20 nitrogen and oxygen atoms in total. The number of nitrogen functional groups attached to an aromatic ring is 1. The summed E-state index contributed by atoms with van der Waals surface area (Å²) in [6, 6.07) is 29.6. The number of ether oxygens (including phenoxy) is 2. The molecule has 0 saturated heterocycles. The minimum atomic E-state index is -0.566. The van der Waals surface area contributed by atoms with Crippen molar-refractivity contribution < 1.29 is 38.6 Å². The molecule has 0 unspecified atom stereocenters. The minimum Gasteiger partial charge on any atom is -0.444 e. The average molecular weight is 1320 g/mol. The highest BCUT2D eigenvalue weighted by atomic mass is 35.5. The number of nitro groups is 3. The summed E-state index contributed by atoms with van der Waals surface area (Å²) in [5, 5.41) is 41.8. The van der Waals surface area contributed by atoms with E-state index in [0.29, 0.717) is 89.6 Å². The van der Waals surface area contributed by atoms with Gasteiger partial charge in [0.2, 0.25) is 0 Å². The van der Waals surface area contributed by atoms with E-state index in [1.807, 2.05) is 63.4 Å². The zero-order valence-corrected chi connectivity index (χ0v) is 53.1. The number of fused-ring (bicyclic) bond motifs is 5. The summed E-state index contributed by atoms with van der Waals surface area (Å²) in [5.74, 6) is 0. The van der Waals surface area contributed by atoms with Crippen LogP contribution in [0.2, 0.25) is 30.1 Å². The topological polar surface area (TPSA) is 269 Å². The first-order valence-corrected chi connectivity index (χ1v) is 29.3. The van der Waals surface area contributed by atoms with Crippen LogP contribution >= 0.6 is 69.6 Å². The number of hydrogen-bond acceptors (Lipinski definition) is 15. The second kappa shape index (κ2) is 31.3. The van der Waals surface area contributed by atoms with E-state index in [1.54, 1.807) is 97.6 Å². The quantitative estimate of drug-likeness (QED) is 0.0718. The first-order valence-electron chi connectivity index (χ1n) is 27.0. The Hall–Kier alpha value is -7.95. The lowest BCUT2D eigenvalue weighted by Gasteiger charge is -2.31. The van der Waals surface area contributed by atoms with Gasteiger partial charge in [-0.15, -0.1) is 0 Å². The molecular weight excluding hydrogens is 1260 g/mol. The Bertz CT molecular complexity index is 3870. The number of aldehydes is 1. The molecule has 2 amide bonds. The molecule has 5 heterocycles. The number of benzene rings is 6. The molecule has 6 aromatic carbocycles. The molecular formula is C62H61Cl6N9O11. The number of nitrogens with zero attached hydrogens (tertiary/aromatic N) is 7. The van der Waals surface area contributed by atoms with Gasteiger partial charge in [-0.2, -0.15) is 0 Å². The molecule has 0 bridgehead atoms. The van der Waals surface area contributed by atoms with E-state index in [-0.39, 0.29) is 38.2 Å². The lowest BCUT2D eigenvalue weighted by molar-refractivity contribution is -0.385. The molecule has 3 N–H and O–H groups in total. The maximum Gasteiger partial charge on any atom is 0.410 e. The standard InChI is InChI=1S/C14H17ClN2O4.C14H19ClN2O2.C9H9ClN2O2.C9H5ClN2O2.C9H6ClN.C7H5ClO/c1-14(2,3)21-13(18)16-7-6-10-9(8-16)4-5-11(15)12(10)17(19)20;1-14(2,3)19-13(18)17-7-6-10-9(8-17)4-5-11(15)12(10)16;2*10-8-2-1-6-5-11-4-3-7(6)9(8)12(13)14;10-9-2-1-8-6-11-4-3-7(8)5-9;8-7-3-1-6(5-9)2-4-7/h4-5H,6-8H2,1-3H3;4-5H,6-8,16H2,1-3H3;1-2,11H,3-5H2;1-5H;1-6H;1-5H. The Morgan fingerprint density at radius 2 is 1.01 bits per heavy atom. The van der Waals surface area contributed by atoms with Crippen molar-refractivity contribution in [2.24, 2.45) is 0 Å². The normalized spacial score (nSPS) is 13.0. The molecule has 0 saturated carbocycles. The Morgan fingerprint density at radius 3 is 1.56 bits per heavy atom. The van der Waals surface area contributed by atoms with Crippen molar-refractivity contribution in [3.05, 3.63) is 227 Å². The second-order valence-corrected chi connectivity index (χ2v) is 24.2. The predicted octanol–water partition coefficient (Wildman–Crippen LogP) is 16.5. The van der Waals surface area contributed by atoms with Gasteiger partial charge in [0.25, 0.3) is 17.1 Å². The molecule has 88 heavy (non-hydrogen) atoms. The van der Waals surface area contributed by atoms with Crippen molar-refractivity contribution in [2.45, 2.75) is 91.6 Å². The SMILES string of the molecule is CC(C)(C)OC(=O)N1CCc2c(ccc(Cl)c2N)C1.CC(C)(C)OC(=O)N1CCc2c(ccc(Cl)c2[N+](=O)[O-])C1.Clc1ccc2cnccc2c1.O=Cc1ccc(Cl)cc1.O=[N+]([O-])c1c(Cl)ccc2c1CCNC2.O=[N+]([O-])c1c(Cl)ccc2cnccc12. The smallest absolute Gasteiger partial charge is 0.410 e. The Kier molecular flexibility index (Phi) is 24.6. The van der Waals surface area contributed by atoms with Crippen molar-refractivity contribution in [1.82, 2.24) is 25.1 Å². The van der Waals surface area contributed by atoms with Crippen LogP contribution in [-0.2, 0) is 48.4 Å². The van der Waals surface area contributed by atoms with Gasteiger partial charge in [-0.25, -0.2) is 9.59 Å². The summed E-state index contributed by atoms with van der Waals surface area (Å²) in [4.78, 5) is 76.6. The molecule has 3 aliphatic rings. The molecule has 8 aromatic rings. The Balaban J connectivity index is 0.000000172. The predicted molar refractivity (Wildman–Crippen MR) is 345 cm³/mol. The van der Waals surface area contributed by atoms with Gasteiger partial charge in [0.1, 0.15) is 32.6 Å². The summed E-state index contributed by atoms with van der Waals surface area (Å²) in [6.45, 7) is 14.2. The maximum absolute atomic E-state index is 12.1. The zero-order chi connectivity index (χ0) is 64.6. The number of carbonyl (C=O) groups is 3. The van der Waals surface area contributed by atoms with Gasteiger partial charge in [-0.3, -0.25) is 45.1 Å². The van der Waals surface area contributed by atoms with Gasteiger partial charge in [0.15, 0.2) is 0 Å². The van der Waals surface area contributed by atoms with Gasteiger partial charge < -0.3 is 30.3 Å². The number of pyridine rings is 2. The van der Waals surface area contributed by atoms with Crippen LogP contribution in [0.5, 0.6) is 0 Å². The lowest BCUT2D eigenvalue weighted by Crippen LogP contribution is -2.40. The first-order chi connectivity index (χ1) is 41.5. The Morgan fingerprint density at radius 1 is 0.557 bits per heavy atom. The molecule has 0 fully saturated rings. The number of hydrogen-bond donors (Lipinski definition) is 2. The largest absolute Gasteiger partial charge is 0.444 e. The number of rotatable bonds is 4. The van der Waals surface area contributed by atoms with Gasteiger partial charge in [-0.05, 0) is 156 Å². The van der Waals surface area contributed by atoms with Crippen molar-refractivity contribution in [3.8, 4) is 0 Å². The third kappa shape index (κ3) is 19.5. The molecule has 0 atom stereocenters. The minimum absolute atomic E-state index is 0.0574. The van der Waals surface area contributed by atoms with Gasteiger partial charge >= 0.3 is 12.2 Å². The van der Waals surface area contributed by atoms with Crippen LogP contribution in [0.3, 0.4) is 0 Å². The van der Waals surface area contributed by atoms with Crippen LogP contribution in [0.25, 0.3) is 21.5 Å². The summed E-state index contributed by atoms with van der Waals surface area (Å²) in [7, 11) is 0. The third-order valence-electron chi connectivity index (χ3n) is 13.1. The highest BCUT2D eigenvalue weighted by Gasteiger charge is 2.32. The second-order valence-electron chi connectivity index (χ2n) is 21.7. The van der Waals surface area contributed by atoms with E-state index in [0.717, 1.165) is 56.4 Å². The van der Waals surface area contributed by atoms with Gasteiger partial charge in [0.05, 0.1) is 30.9 Å². The summed E-state index contributed by atoms with van der Waals surface area (Å²) < 4.78 is 10.7. The van der Waals surface area contributed by atoms with E-state index in [4.69, 9.17) is 84.8 Å². The van der Waals surface area contributed by atoms with Crippen molar-refractivity contribution >= 4 is 132 Å². The molecule has 0 radical (unpaired) electrons. The molecule has 3 aliphatic heterocycles. The van der Waals surface area contributed by atoms with E-state index in [9.17, 15) is 44.7 Å². The van der Waals surface area contributed by atoms with E-state index >= 15 is 0 Å². The van der Waals surface area contributed by atoms with Crippen LogP contribution in [0.1, 0.15) is 85.3 Å². The zero-order valence-electron chi connectivity index (χ0n) is 48.5. The monoisotopic (exact) mass is 1320 g/mol. The fraction of sp³-hybridized carbons (Fsp3) is 0.274. The molecule has 0 spiro atoms.